The minimum absolute atomic E-state index is 0.782. The third-order valence-corrected chi connectivity index (χ3v) is 3.26. The minimum Gasteiger partial charge on any atom is -0.496 e. The van der Waals surface area contributed by atoms with E-state index in [1.807, 2.05) is 27.7 Å². The van der Waals surface area contributed by atoms with Gasteiger partial charge in [0.2, 0.25) is 0 Å². The molecular weight excluding hydrogens is 220 g/mol. The summed E-state index contributed by atoms with van der Waals surface area (Å²) in [5.41, 5.74) is 2.69. The molecule has 1 heteroatoms. The van der Waals surface area contributed by atoms with Crippen LogP contribution < -0.4 is 4.74 Å². The van der Waals surface area contributed by atoms with E-state index in [0.717, 1.165) is 11.7 Å². The van der Waals surface area contributed by atoms with Gasteiger partial charge in [-0.2, -0.15) is 0 Å². The summed E-state index contributed by atoms with van der Waals surface area (Å²) in [5.74, 6) is 1.82. The van der Waals surface area contributed by atoms with Crippen LogP contribution in [0.25, 0.3) is 0 Å². The number of aryl methyl sites for hydroxylation is 1. The molecule has 1 nitrogen and oxygen atoms in total. The second kappa shape index (κ2) is 9.99. The Morgan fingerprint density at radius 2 is 1.56 bits per heavy atom. The Hall–Kier alpha value is -0.980. The molecule has 0 aliphatic heterocycles. The molecule has 0 unspecified atom stereocenters. The van der Waals surface area contributed by atoms with Gasteiger partial charge in [-0.25, -0.2) is 0 Å². The highest BCUT2D eigenvalue weighted by atomic mass is 16.5. The lowest BCUT2D eigenvalue weighted by Crippen LogP contribution is -1.94. The largest absolute Gasteiger partial charge is 0.496 e. The first kappa shape index (κ1) is 17.0. The molecule has 0 bridgehead atoms. The lowest BCUT2D eigenvalue weighted by atomic mass is 9.96. The maximum atomic E-state index is 5.35. The summed E-state index contributed by atoms with van der Waals surface area (Å²) in [6.07, 6.45) is 5.49. The van der Waals surface area contributed by atoms with Crippen LogP contribution in [-0.4, -0.2) is 7.11 Å². The molecule has 1 aliphatic rings. The molecule has 0 atom stereocenters. The Morgan fingerprint density at radius 1 is 1.00 bits per heavy atom. The van der Waals surface area contributed by atoms with E-state index in [9.17, 15) is 0 Å². The average Bonchev–Trinajstić information content (AvgIpc) is 2.98. The fraction of sp³-hybridized carbons (Fsp3) is 0.647. The molecule has 0 saturated heterocycles. The van der Waals surface area contributed by atoms with Crippen LogP contribution in [0.2, 0.25) is 0 Å². The lowest BCUT2D eigenvalue weighted by molar-refractivity contribution is 0.410. The van der Waals surface area contributed by atoms with Crippen LogP contribution in [-0.2, 0) is 0 Å². The predicted molar refractivity (Wildman–Crippen MR) is 81.6 cm³/mol. The molecular formula is C17H30O. The quantitative estimate of drug-likeness (QED) is 0.653. The van der Waals surface area contributed by atoms with E-state index >= 15 is 0 Å². The molecule has 1 aromatic carbocycles. The fourth-order valence-corrected chi connectivity index (χ4v) is 2.35. The summed E-state index contributed by atoms with van der Waals surface area (Å²) in [7, 11) is 1.75. The number of hydrogen-bond donors (Lipinski definition) is 0. The normalized spacial score (nSPS) is 14.1. The summed E-state index contributed by atoms with van der Waals surface area (Å²) in [6.45, 7) is 10.1. The fourth-order valence-electron chi connectivity index (χ4n) is 2.35. The number of methoxy groups -OCH3 is 1. The molecule has 1 aliphatic carbocycles. The monoisotopic (exact) mass is 250 g/mol. The second-order valence-electron chi connectivity index (χ2n) is 4.21. The minimum atomic E-state index is 0.782. The van der Waals surface area contributed by atoms with Gasteiger partial charge >= 0.3 is 0 Å². The Kier molecular flexibility index (Phi) is 9.45. The topological polar surface area (TPSA) is 9.23 Å². The average molecular weight is 250 g/mol. The van der Waals surface area contributed by atoms with Crippen LogP contribution in [0.5, 0.6) is 5.75 Å². The van der Waals surface area contributed by atoms with E-state index in [4.69, 9.17) is 4.74 Å². The summed E-state index contributed by atoms with van der Waals surface area (Å²) in [5, 5.41) is 0. The Labute approximate surface area is 114 Å². The van der Waals surface area contributed by atoms with E-state index in [1.165, 1.54) is 36.8 Å². The van der Waals surface area contributed by atoms with Crippen molar-refractivity contribution in [2.45, 2.75) is 66.2 Å². The summed E-state index contributed by atoms with van der Waals surface area (Å²) in [6, 6.07) is 6.64. The molecule has 0 spiro atoms. The molecule has 0 heterocycles. The van der Waals surface area contributed by atoms with Crippen LogP contribution in [0, 0.1) is 6.92 Å². The van der Waals surface area contributed by atoms with Gasteiger partial charge in [-0.15, -0.1) is 0 Å². The van der Waals surface area contributed by atoms with Crippen molar-refractivity contribution in [2.24, 2.45) is 0 Å². The van der Waals surface area contributed by atoms with E-state index in [2.05, 4.69) is 25.1 Å². The second-order valence-corrected chi connectivity index (χ2v) is 4.21. The van der Waals surface area contributed by atoms with E-state index < -0.39 is 0 Å². The highest BCUT2D eigenvalue weighted by molar-refractivity contribution is 5.38. The van der Waals surface area contributed by atoms with Crippen molar-refractivity contribution in [3.8, 4) is 5.75 Å². The third kappa shape index (κ3) is 4.72. The molecule has 1 saturated carbocycles. The van der Waals surface area contributed by atoms with Crippen LogP contribution >= 0.6 is 0 Å². The number of benzene rings is 1. The first-order valence-electron chi connectivity index (χ1n) is 7.46. The van der Waals surface area contributed by atoms with Gasteiger partial charge in [-0.1, -0.05) is 52.7 Å². The molecule has 0 aromatic heterocycles. The summed E-state index contributed by atoms with van der Waals surface area (Å²) < 4.78 is 5.35. The van der Waals surface area contributed by atoms with Crippen LogP contribution in [0.1, 0.15) is 70.4 Å². The Morgan fingerprint density at radius 3 is 2.06 bits per heavy atom. The van der Waals surface area contributed by atoms with E-state index in [0.29, 0.717) is 0 Å². The van der Waals surface area contributed by atoms with Gasteiger partial charge < -0.3 is 4.74 Å². The molecule has 1 fully saturated rings. The summed E-state index contributed by atoms with van der Waals surface area (Å²) >= 11 is 0. The zero-order chi connectivity index (χ0) is 14.0. The molecule has 0 radical (unpaired) electrons. The van der Waals surface area contributed by atoms with Crippen molar-refractivity contribution >= 4 is 0 Å². The number of ether oxygens (including phenoxy) is 1. The van der Waals surface area contributed by atoms with Gasteiger partial charge in [-0.3, -0.25) is 0 Å². The zero-order valence-corrected chi connectivity index (χ0v) is 13.0. The molecule has 0 N–H and O–H groups in total. The molecule has 1 aromatic rings. The SMILES string of the molecule is CC.CC.COc1cc(C2CCCC2)ccc1C. The van der Waals surface area contributed by atoms with Crippen molar-refractivity contribution in [1.29, 1.82) is 0 Å². The highest BCUT2D eigenvalue weighted by Gasteiger charge is 2.17. The molecule has 0 amide bonds. The van der Waals surface area contributed by atoms with Gasteiger partial charge in [0, 0.05) is 0 Å². The van der Waals surface area contributed by atoms with E-state index in [-0.39, 0.29) is 0 Å². The molecule has 104 valence electrons. The van der Waals surface area contributed by atoms with Crippen molar-refractivity contribution < 1.29 is 4.74 Å². The van der Waals surface area contributed by atoms with Crippen LogP contribution in [0.3, 0.4) is 0 Å². The molecule has 2 rings (SSSR count). The van der Waals surface area contributed by atoms with Gasteiger partial charge in [0.1, 0.15) is 5.75 Å². The van der Waals surface area contributed by atoms with Gasteiger partial charge in [0.05, 0.1) is 7.11 Å². The summed E-state index contributed by atoms with van der Waals surface area (Å²) in [4.78, 5) is 0. The smallest absolute Gasteiger partial charge is 0.122 e. The van der Waals surface area contributed by atoms with Crippen molar-refractivity contribution in [2.75, 3.05) is 7.11 Å². The first-order chi connectivity index (χ1) is 8.81. The molecule has 18 heavy (non-hydrogen) atoms. The van der Waals surface area contributed by atoms with Gasteiger partial charge in [-0.05, 0) is 42.9 Å². The van der Waals surface area contributed by atoms with Crippen LogP contribution in [0.4, 0.5) is 0 Å². The zero-order valence-electron chi connectivity index (χ0n) is 13.0. The van der Waals surface area contributed by atoms with Gasteiger partial charge in [0.25, 0.3) is 0 Å². The first-order valence-corrected chi connectivity index (χ1v) is 7.46. The number of rotatable bonds is 2. The number of hydrogen-bond acceptors (Lipinski definition) is 1. The lowest BCUT2D eigenvalue weighted by Gasteiger charge is -2.12. The predicted octanol–water partition coefficient (Wildman–Crippen LogP) is 5.71. The maximum Gasteiger partial charge on any atom is 0.122 e. The van der Waals surface area contributed by atoms with E-state index in [1.54, 1.807) is 7.11 Å². The van der Waals surface area contributed by atoms with Gasteiger partial charge in [0.15, 0.2) is 0 Å². The maximum absolute atomic E-state index is 5.35. The Balaban J connectivity index is 0.000000659. The van der Waals surface area contributed by atoms with Crippen molar-refractivity contribution in [3.05, 3.63) is 29.3 Å². The third-order valence-electron chi connectivity index (χ3n) is 3.26. The van der Waals surface area contributed by atoms with Crippen molar-refractivity contribution in [1.82, 2.24) is 0 Å². The highest BCUT2D eigenvalue weighted by Crippen LogP contribution is 2.35. The standard InChI is InChI=1S/C13H18O.2C2H6/c1-10-7-8-12(9-13(10)14-2)11-5-3-4-6-11;2*1-2/h7-9,11H,3-6H2,1-2H3;2*1-2H3. The van der Waals surface area contributed by atoms with Crippen LogP contribution in [0.15, 0.2) is 18.2 Å². The Bertz CT molecular complexity index is 311. The van der Waals surface area contributed by atoms with Crippen molar-refractivity contribution in [3.63, 3.8) is 0 Å².